The molecule has 0 radical (unpaired) electrons. The van der Waals surface area contributed by atoms with Crippen LogP contribution in [0.2, 0.25) is 0 Å². The zero-order valence-corrected chi connectivity index (χ0v) is 42.3. The van der Waals surface area contributed by atoms with Crippen molar-refractivity contribution in [3.63, 3.8) is 0 Å². The van der Waals surface area contributed by atoms with Gasteiger partial charge in [-0.2, -0.15) is 0 Å². The van der Waals surface area contributed by atoms with Gasteiger partial charge in [-0.1, -0.05) is 12.1 Å². The number of nitro groups is 2. The van der Waals surface area contributed by atoms with Gasteiger partial charge in [0, 0.05) is 83.9 Å². The third-order valence-electron chi connectivity index (χ3n) is 11.8. The SMILES string of the molecule is CC(=O)Oc1ccc2c(c1)Oc1cc(OC(C)=O)ccc1C21OC(=O)c2ccc(C(=O)NCCOCCOCCOCc3cc(O)ccc3/C=C/C(=O)Sc3ccc(C(=O)NCc4cc([N+](=O)[O-])cc([N+](=O)[O-])c4)cc3)cc21. The number of hydrogen-bond acceptors (Lipinski definition) is 19. The first-order chi connectivity index (χ1) is 37.5. The molecule has 1 spiro atoms. The Morgan fingerprint density at radius 3 is 1.87 bits per heavy atom. The highest BCUT2D eigenvalue weighted by atomic mass is 32.2. The minimum atomic E-state index is -1.59. The van der Waals surface area contributed by atoms with Crippen LogP contribution in [0.5, 0.6) is 28.7 Å². The number of benzene rings is 6. The average Bonchev–Trinajstić information content (AvgIpc) is 3.86. The molecule has 2 aliphatic heterocycles. The van der Waals surface area contributed by atoms with Gasteiger partial charge in [0.05, 0.1) is 61.1 Å². The molecule has 0 saturated heterocycles. The fraction of sp³-hybridized carbons (Fsp3) is 0.200. The lowest BCUT2D eigenvalue weighted by Crippen LogP contribution is -2.33. The van der Waals surface area contributed by atoms with Crippen LogP contribution in [0.25, 0.3) is 6.08 Å². The number of phenolic OH excluding ortho intramolecular Hbond substituents is 1. The molecule has 0 fully saturated rings. The van der Waals surface area contributed by atoms with Gasteiger partial charge in [-0.15, -0.1) is 0 Å². The first-order valence-corrected chi connectivity index (χ1v) is 24.5. The number of fused-ring (bicyclic) bond motifs is 6. The van der Waals surface area contributed by atoms with E-state index in [0.29, 0.717) is 32.7 Å². The number of aromatic hydroxyl groups is 1. The summed E-state index contributed by atoms with van der Waals surface area (Å²) in [6.07, 6.45) is 2.95. The molecule has 22 nitrogen and oxygen atoms in total. The van der Waals surface area contributed by atoms with E-state index >= 15 is 0 Å². The molecule has 6 aromatic carbocycles. The maximum Gasteiger partial charge on any atom is 0.340 e. The summed E-state index contributed by atoms with van der Waals surface area (Å²) < 4.78 is 40.0. The number of thioether (sulfide) groups is 1. The summed E-state index contributed by atoms with van der Waals surface area (Å²) in [5, 5.41) is 37.6. The van der Waals surface area contributed by atoms with E-state index in [2.05, 4.69) is 10.6 Å². The quantitative estimate of drug-likeness (QED) is 0.0111. The molecule has 6 aromatic rings. The molecule has 0 saturated carbocycles. The van der Waals surface area contributed by atoms with Gasteiger partial charge in [-0.25, -0.2) is 4.79 Å². The predicted molar refractivity (Wildman–Crippen MR) is 276 cm³/mol. The zero-order valence-electron chi connectivity index (χ0n) is 41.5. The van der Waals surface area contributed by atoms with Crippen LogP contribution in [-0.4, -0.2) is 89.4 Å². The van der Waals surface area contributed by atoms with Gasteiger partial charge in [-0.05, 0) is 113 Å². The fourth-order valence-electron chi connectivity index (χ4n) is 8.36. The van der Waals surface area contributed by atoms with Crippen LogP contribution in [0.4, 0.5) is 11.4 Å². The number of esters is 3. The summed E-state index contributed by atoms with van der Waals surface area (Å²) in [7, 11) is 0. The number of carbonyl (C=O) groups excluding carboxylic acids is 6. The molecule has 8 rings (SSSR count). The van der Waals surface area contributed by atoms with E-state index in [4.69, 9.17) is 33.2 Å². The van der Waals surface area contributed by atoms with Crippen LogP contribution in [0.15, 0.2) is 126 Å². The molecule has 2 aliphatic rings. The topological polar surface area (TPSA) is 298 Å². The molecule has 0 unspecified atom stereocenters. The standard InChI is InChI=1S/C55H46N4O18S/c1-32(60)74-42-9-14-46-49(28-42)76-50-29-43(75-33(2)61)10-15-47(50)55(46)48-26-37(6-13-45(48)54(66)77-55)53(65)56-17-18-71-19-20-72-21-22-73-31-38-25-41(62)8-3-35(38)7-16-51(63)78-44-11-4-36(5-12-44)52(64)57-30-34-23-39(58(67)68)27-40(24-34)59(69)70/h3-16,23-29,62H,17-22,30-31H2,1-2H3,(H,56,65)(H,57,64)/b16-7+. The van der Waals surface area contributed by atoms with E-state index in [1.165, 1.54) is 80.6 Å². The molecule has 400 valence electrons. The normalized spacial score (nSPS) is 12.6. The Bertz CT molecular complexity index is 3300. The zero-order chi connectivity index (χ0) is 55.5. The van der Waals surface area contributed by atoms with Gasteiger partial charge in [-0.3, -0.25) is 44.2 Å². The van der Waals surface area contributed by atoms with Gasteiger partial charge in [0.25, 0.3) is 23.2 Å². The molecule has 3 N–H and O–H groups in total. The van der Waals surface area contributed by atoms with Gasteiger partial charge in [0.1, 0.15) is 28.7 Å². The molecule has 23 heteroatoms. The van der Waals surface area contributed by atoms with E-state index < -0.39 is 56.5 Å². The van der Waals surface area contributed by atoms with E-state index in [1.54, 1.807) is 42.5 Å². The Hall–Kier alpha value is -9.29. The van der Waals surface area contributed by atoms with Crippen molar-refractivity contribution in [3.8, 4) is 28.7 Å². The average molecular weight is 1080 g/mol. The van der Waals surface area contributed by atoms with Gasteiger partial charge in [0.15, 0.2) is 5.60 Å². The Balaban J connectivity index is 0.762. The highest BCUT2D eigenvalue weighted by Gasteiger charge is 2.54. The highest BCUT2D eigenvalue weighted by Crippen LogP contribution is 2.57. The van der Waals surface area contributed by atoms with Crippen LogP contribution in [0.3, 0.4) is 0 Å². The molecule has 0 atom stereocenters. The lowest BCUT2D eigenvalue weighted by atomic mass is 9.77. The molecule has 0 aliphatic carbocycles. The van der Waals surface area contributed by atoms with Gasteiger partial charge < -0.3 is 48.9 Å². The second-order valence-electron chi connectivity index (χ2n) is 17.2. The molecular weight excluding hydrogens is 1040 g/mol. The monoisotopic (exact) mass is 1080 g/mol. The third-order valence-corrected chi connectivity index (χ3v) is 12.6. The number of ether oxygens (including phenoxy) is 7. The number of amides is 2. The van der Waals surface area contributed by atoms with Crippen molar-refractivity contribution in [1.82, 2.24) is 10.6 Å². The molecule has 2 amide bonds. The summed E-state index contributed by atoms with van der Waals surface area (Å²) in [6, 6.07) is 27.7. The number of hydrogen-bond donors (Lipinski definition) is 3. The first kappa shape index (κ1) is 55.0. The van der Waals surface area contributed by atoms with Crippen molar-refractivity contribution in [2.24, 2.45) is 0 Å². The smallest absolute Gasteiger partial charge is 0.340 e. The molecule has 0 aromatic heterocycles. The Kier molecular flexibility index (Phi) is 17.3. The summed E-state index contributed by atoms with van der Waals surface area (Å²) in [5.74, 6) is -2.01. The first-order valence-electron chi connectivity index (χ1n) is 23.7. The van der Waals surface area contributed by atoms with Crippen molar-refractivity contribution < 1.29 is 76.9 Å². The van der Waals surface area contributed by atoms with E-state index in [0.717, 1.165) is 30.0 Å². The largest absolute Gasteiger partial charge is 0.508 e. The minimum absolute atomic E-state index is 0.00185. The summed E-state index contributed by atoms with van der Waals surface area (Å²) in [4.78, 5) is 97.5. The number of nitrogens with zero attached hydrogens (tertiary/aromatic N) is 2. The third kappa shape index (κ3) is 13.2. The maximum atomic E-state index is 13.5. The molecule has 2 heterocycles. The number of nitro benzene ring substituents is 2. The molecular formula is C55H46N4O18S. The predicted octanol–water partition coefficient (Wildman–Crippen LogP) is 7.87. The minimum Gasteiger partial charge on any atom is -0.508 e. The van der Waals surface area contributed by atoms with Crippen molar-refractivity contribution in [2.45, 2.75) is 37.5 Å². The van der Waals surface area contributed by atoms with Crippen LogP contribution < -0.4 is 24.8 Å². The molecule has 0 bridgehead atoms. The lowest BCUT2D eigenvalue weighted by molar-refractivity contribution is -0.394. The van der Waals surface area contributed by atoms with Crippen molar-refractivity contribution >= 4 is 64.1 Å². The number of rotatable bonds is 22. The van der Waals surface area contributed by atoms with E-state index in [9.17, 15) is 54.1 Å². The van der Waals surface area contributed by atoms with Gasteiger partial charge >= 0.3 is 17.9 Å². The number of carbonyl (C=O) groups is 6. The maximum absolute atomic E-state index is 13.5. The van der Waals surface area contributed by atoms with E-state index in [1.807, 2.05) is 0 Å². The number of nitrogens with one attached hydrogen (secondary N) is 2. The van der Waals surface area contributed by atoms with Gasteiger partial charge in [0.2, 0.25) is 5.12 Å². The fourth-order valence-corrected chi connectivity index (χ4v) is 9.00. The van der Waals surface area contributed by atoms with Crippen LogP contribution in [-0.2, 0) is 52.1 Å². The van der Waals surface area contributed by atoms with Crippen LogP contribution >= 0.6 is 11.8 Å². The summed E-state index contributed by atoms with van der Waals surface area (Å²) in [5.41, 5.74) is 0.692. The number of non-ortho nitro benzene ring substituents is 2. The Morgan fingerprint density at radius 2 is 1.26 bits per heavy atom. The van der Waals surface area contributed by atoms with Crippen molar-refractivity contribution in [1.29, 1.82) is 0 Å². The molecule has 78 heavy (non-hydrogen) atoms. The Morgan fingerprint density at radius 1 is 0.667 bits per heavy atom. The van der Waals surface area contributed by atoms with Crippen LogP contribution in [0, 0.1) is 20.2 Å². The Labute approximate surface area is 447 Å². The highest BCUT2D eigenvalue weighted by molar-refractivity contribution is 8.14. The second-order valence-corrected chi connectivity index (χ2v) is 18.3. The van der Waals surface area contributed by atoms with Crippen molar-refractivity contribution in [2.75, 3.05) is 39.6 Å². The van der Waals surface area contributed by atoms with E-state index in [-0.39, 0.29) is 109 Å². The second kappa shape index (κ2) is 24.6. The lowest BCUT2D eigenvalue weighted by Gasteiger charge is -2.36. The van der Waals surface area contributed by atoms with Crippen LogP contribution in [0.1, 0.15) is 78.3 Å². The summed E-state index contributed by atoms with van der Waals surface area (Å²) in [6.45, 7) is 3.55. The number of phenols is 1. The summed E-state index contributed by atoms with van der Waals surface area (Å²) >= 11 is 0.907. The van der Waals surface area contributed by atoms with Crippen molar-refractivity contribution in [3.05, 3.63) is 192 Å².